The molecule has 21 N–H and O–H groups in total. The molecular formula is C74H127N17O15. The molecule has 3 aliphatic heterocycles. The van der Waals surface area contributed by atoms with Gasteiger partial charge in [0, 0.05) is 19.5 Å². The molecule has 2 bridgehead atoms. The highest BCUT2D eigenvalue weighted by molar-refractivity contribution is 6.00. The number of aliphatic hydroxyl groups excluding tert-OH is 1. The summed E-state index contributed by atoms with van der Waals surface area (Å²) in [5.74, 6) is -11.9. The van der Waals surface area contributed by atoms with Crippen LogP contribution >= 0.6 is 0 Å². The molecule has 1 aromatic carbocycles. The zero-order valence-corrected chi connectivity index (χ0v) is 64.5. The van der Waals surface area contributed by atoms with E-state index in [1.807, 2.05) is 41.5 Å². The van der Waals surface area contributed by atoms with E-state index in [1.54, 1.807) is 71.9 Å². The first-order valence-corrected chi connectivity index (χ1v) is 38.2. The van der Waals surface area contributed by atoms with E-state index in [9.17, 15) is 62.6 Å². The Morgan fingerprint density at radius 3 is 1.13 bits per heavy atom. The molecule has 3 heterocycles. The Kier molecular flexibility index (Phi) is 39.0. The van der Waals surface area contributed by atoms with Crippen molar-refractivity contribution in [2.75, 3.05) is 39.3 Å². The zero-order chi connectivity index (χ0) is 79.1. The molecule has 3 aliphatic rings. The number of nitrogens with two attached hydrogens (primary N) is 4. The van der Waals surface area contributed by atoms with Gasteiger partial charge in [-0.25, -0.2) is 0 Å². The lowest BCUT2D eigenvalue weighted by Gasteiger charge is -2.35. The lowest BCUT2D eigenvalue weighted by atomic mass is 9.98. The summed E-state index contributed by atoms with van der Waals surface area (Å²) in [6.07, 6.45) is -1.76. The van der Waals surface area contributed by atoms with Gasteiger partial charge in [0.25, 0.3) is 0 Å². The van der Waals surface area contributed by atoms with Crippen LogP contribution in [0.25, 0.3) is 0 Å². The quantitative estimate of drug-likeness (QED) is 0.0602. The number of aliphatic hydroxyl groups is 1. The minimum Gasteiger partial charge on any atom is -0.390 e. The van der Waals surface area contributed by atoms with E-state index in [0.29, 0.717) is 12.0 Å². The predicted octanol–water partition coefficient (Wildman–Crippen LogP) is -1.35. The van der Waals surface area contributed by atoms with Gasteiger partial charge < -0.3 is 101 Å². The standard InChI is InChI=1S/C74H127N17O15/c1-40(2)35-51-66(97)80-49(25-18-32-77)64(95)88-59(43(7)8)71(102)79-39-58-56(92)28-29-57(106-58)70(101)86-53(37-42(5)6)67(98)81-50(26-19-33-78)65(96)89-60(44(9)10)72(103)82-47(23-16-30-75)63(94)85-52(36-41(3)4)68(99)87-54(38-46-21-14-13-15-22-46)74(105)91-34-20-27-55(91)69(100)90-61(45(11)12)73(104)83-48(24-17-31-76)62(93)84-51/h13-15,21-22,40-45,47-61,92H,16-20,23-39,75-78H2,1-12H3,(H,79,102)(H,80,97)(H,81,98)(H,82,103)(H,83,104)(H,84,93)(H,85,94)(H,86,101)(H,87,99)(H,88,95)(H,89,96)(H,90,100)/t47-,48-,49+,50-,51-,52-,53-,54+,55-,56-,57+,58+,59-,60-,61-/m0/s1. The summed E-state index contributed by atoms with van der Waals surface area (Å²) < 4.78 is 6.13. The van der Waals surface area contributed by atoms with Gasteiger partial charge in [-0.3, -0.25) is 62.3 Å². The van der Waals surface area contributed by atoms with Crippen LogP contribution in [0.3, 0.4) is 0 Å². The van der Waals surface area contributed by atoms with Crippen LogP contribution in [0.4, 0.5) is 0 Å². The van der Waals surface area contributed by atoms with Crippen LogP contribution < -0.4 is 86.7 Å². The second-order valence-electron chi connectivity index (χ2n) is 30.7. The fourth-order valence-corrected chi connectivity index (χ4v) is 13.1. The third-order valence-electron chi connectivity index (χ3n) is 19.1. The summed E-state index contributed by atoms with van der Waals surface area (Å²) in [4.78, 5) is 190. The second kappa shape index (κ2) is 45.7. The number of ether oxygens (including phenoxy) is 1. The Balaban J connectivity index is 1.83. The Bertz CT molecular complexity index is 3050. The average molecular weight is 1490 g/mol. The molecule has 32 heteroatoms. The fraction of sp³-hybridized carbons (Fsp3) is 0.743. The van der Waals surface area contributed by atoms with Crippen molar-refractivity contribution < 1.29 is 72.2 Å². The minimum atomic E-state index is -1.31. The third kappa shape index (κ3) is 29.3. The minimum absolute atomic E-state index is 0.00282. The van der Waals surface area contributed by atoms with Crippen molar-refractivity contribution in [2.24, 2.45) is 58.4 Å². The van der Waals surface area contributed by atoms with E-state index in [2.05, 4.69) is 63.8 Å². The maximum absolute atomic E-state index is 15.1. The van der Waals surface area contributed by atoms with Crippen LogP contribution in [0.1, 0.15) is 185 Å². The molecule has 598 valence electrons. The molecule has 3 fully saturated rings. The van der Waals surface area contributed by atoms with Gasteiger partial charge in [-0.1, -0.05) is 113 Å². The van der Waals surface area contributed by atoms with Crippen LogP contribution in [0, 0.1) is 35.5 Å². The monoisotopic (exact) mass is 1490 g/mol. The highest BCUT2D eigenvalue weighted by Crippen LogP contribution is 2.24. The molecule has 4 rings (SSSR count). The highest BCUT2D eigenvalue weighted by Gasteiger charge is 2.43. The predicted molar refractivity (Wildman–Crippen MR) is 399 cm³/mol. The lowest BCUT2D eigenvalue weighted by Crippen LogP contribution is -2.62. The first kappa shape index (κ1) is 90.5. The van der Waals surface area contributed by atoms with Gasteiger partial charge in [0.15, 0.2) is 0 Å². The number of rotatable bonds is 23. The number of hydrogen-bond donors (Lipinski definition) is 17. The molecule has 13 amide bonds. The Hall–Kier alpha value is -7.91. The van der Waals surface area contributed by atoms with E-state index in [-0.39, 0.29) is 153 Å². The molecule has 1 aromatic rings. The summed E-state index contributed by atoms with van der Waals surface area (Å²) in [5, 5.41) is 44.6. The van der Waals surface area contributed by atoms with Crippen molar-refractivity contribution in [3.8, 4) is 0 Å². The number of nitrogens with zero attached hydrogens (tertiary/aromatic N) is 1. The molecule has 0 radical (unpaired) electrons. The number of amides is 13. The summed E-state index contributed by atoms with van der Waals surface area (Å²) in [6.45, 7) is 21.2. The van der Waals surface area contributed by atoms with E-state index in [0.717, 1.165) is 0 Å². The van der Waals surface area contributed by atoms with Gasteiger partial charge in [0.1, 0.15) is 84.7 Å². The molecule has 0 aromatic heterocycles. The van der Waals surface area contributed by atoms with Crippen LogP contribution in [-0.2, 0) is 73.5 Å². The number of fused-ring (bicyclic) bond motifs is 3. The van der Waals surface area contributed by atoms with Crippen molar-refractivity contribution in [3.63, 3.8) is 0 Å². The van der Waals surface area contributed by atoms with Gasteiger partial charge >= 0.3 is 0 Å². The smallest absolute Gasteiger partial charge is 0.249 e. The Morgan fingerprint density at radius 1 is 0.406 bits per heavy atom. The molecule has 106 heavy (non-hydrogen) atoms. The van der Waals surface area contributed by atoms with E-state index >= 15 is 4.79 Å². The van der Waals surface area contributed by atoms with Gasteiger partial charge in [-0.2, -0.15) is 0 Å². The molecule has 0 aliphatic carbocycles. The first-order chi connectivity index (χ1) is 50.1. The normalized spacial score (nSPS) is 28.0. The van der Waals surface area contributed by atoms with Crippen LogP contribution in [0.15, 0.2) is 30.3 Å². The molecule has 15 atom stereocenters. The van der Waals surface area contributed by atoms with Crippen LogP contribution in [0.2, 0.25) is 0 Å². The number of hydrogen-bond acceptors (Lipinski definition) is 19. The topological polar surface area (TPSA) is 503 Å². The second-order valence-corrected chi connectivity index (χ2v) is 30.7. The largest absolute Gasteiger partial charge is 0.390 e. The zero-order valence-electron chi connectivity index (χ0n) is 64.5. The summed E-state index contributed by atoms with van der Waals surface area (Å²) >= 11 is 0. The van der Waals surface area contributed by atoms with Crippen LogP contribution in [0.5, 0.6) is 0 Å². The molecule has 3 saturated heterocycles. The SMILES string of the molecule is CC(C)C[C@@H]1NC(=O)[C@H](CCCN)NC(=O)[C@H](C(C)C)NC(=O)[C@@H]2CCCN2C(=O)[C@@H](Cc2ccccc2)NC(=O)[C@H](CC(C)C)NC(=O)[C@H](CCCN)NC(=O)[C@H](C(C)C)NC(=O)[C@H](CCCN)NC(=O)[C@H](CC(C)C)NC(=O)[C@H]2CC[C@H](O)[C@@H](CNC(=O)[C@H](C(C)C)NC(=O)[C@@H](CCCN)NC1=O)O2. The number of benzene rings is 1. The lowest BCUT2D eigenvalue weighted by molar-refractivity contribution is -0.156. The molecule has 32 nitrogen and oxygen atoms in total. The van der Waals surface area contributed by atoms with E-state index < -0.39 is 185 Å². The summed E-state index contributed by atoms with van der Waals surface area (Å²) in [5.41, 5.74) is 24.4. The van der Waals surface area contributed by atoms with Gasteiger partial charge in [0.05, 0.1) is 6.10 Å². The number of carbonyl (C=O) groups excluding carboxylic acids is 13. The molecule has 0 saturated carbocycles. The highest BCUT2D eigenvalue weighted by atomic mass is 16.5. The van der Waals surface area contributed by atoms with Gasteiger partial charge in [-0.05, 0) is 164 Å². The van der Waals surface area contributed by atoms with E-state index in [1.165, 1.54) is 4.90 Å². The summed E-state index contributed by atoms with van der Waals surface area (Å²) in [6, 6.07) is -6.37. The van der Waals surface area contributed by atoms with Crippen LogP contribution in [-0.4, -0.2) is 217 Å². The van der Waals surface area contributed by atoms with Gasteiger partial charge in [0.2, 0.25) is 76.8 Å². The third-order valence-corrected chi connectivity index (χ3v) is 19.1. The molecule has 0 spiro atoms. The maximum atomic E-state index is 15.1. The molecule has 0 unspecified atom stereocenters. The average Bonchev–Trinajstić information content (AvgIpc) is 1.53. The Labute approximate surface area is 625 Å². The Morgan fingerprint density at radius 2 is 0.745 bits per heavy atom. The number of nitrogens with one attached hydrogen (secondary N) is 12. The van der Waals surface area contributed by atoms with Crippen molar-refractivity contribution in [2.45, 2.75) is 277 Å². The first-order valence-electron chi connectivity index (χ1n) is 38.2. The molecular weight excluding hydrogens is 1370 g/mol. The van der Waals surface area contributed by atoms with Crippen molar-refractivity contribution in [1.29, 1.82) is 0 Å². The van der Waals surface area contributed by atoms with E-state index in [4.69, 9.17) is 27.7 Å². The van der Waals surface area contributed by atoms with Gasteiger partial charge in [-0.15, -0.1) is 0 Å². The van der Waals surface area contributed by atoms with Crippen molar-refractivity contribution in [3.05, 3.63) is 35.9 Å². The number of carbonyl (C=O) groups is 13. The van der Waals surface area contributed by atoms with Crippen molar-refractivity contribution >= 4 is 76.8 Å². The summed E-state index contributed by atoms with van der Waals surface area (Å²) in [7, 11) is 0. The maximum Gasteiger partial charge on any atom is 0.249 e. The fourth-order valence-electron chi connectivity index (χ4n) is 13.1. The van der Waals surface area contributed by atoms with Crippen molar-refractivity contribution in [1.82, 2.24) is 68.7 Å².